The molecule has 0 heterocycles. The second kappa shape index (κ2) is 5.67. The standard InChI is InChI=1S/C18H14O3/c19-17(12-13-6-2-1-3-7-13)21-16-11-10-14-8-4-5-9-15(14)18(16)20/h1-11,20H,12H2. The quantitative estimate of drug-likeness (QED) is 0.587. The lowest BCUT2D eigenvalue weighted by atomic mass is 10.1. The molecule has 0 saturated carbocycles. The van der Waals surface area contributed by atoms with Crippen LogP contribution in [0, 0.1) is 0 Å². The molecule has 0 aliphatic rings. The summed E-state index contributed by atoms with van der Waals surface area (Å²) >= 11 is 0. The minimum atomic E-state index is -0.396. The number of ether oxygens (including phenoxy) is 1. The maximum absolute atomic E-state index is 11.9. The monoisotopic (exact) mass is 278 g/mol. The van der Waals surface area contributed by atoms with Gasteiger partial charge >= 0.3 is 5.97 Å². The molecule has 0 spiro atoms. The van der Waals surface area contributed by atoms with Gasteiger partial charge in [-0.05, 0) is 17.0 Å². The predicted molar refractivity (Wildman–Crippen MR) is 81.4 cm³/mol. The van der Waals surface area contributed by atoms with Crippen molar-refractivity contribution in [2.45, 2.75) is 6.42 Å². The van der Waals surface area contributed by atoms with Gasteiger partial charge in [0.2, 0.25) is 0 Å². The fraction of sp³-hybridized carbons (Fsp3) is 0.0556. The van der Waals surface area contributed by atoms with Crippen LogP contribution in [0.2, 0.25) is 0 Å². The molecule has 0 aliphatic carbocycles. The molecule has 0 aliphatic heterocycles. The number of esters is 1. The Hall–Kier alpha value is -2.81. The van der Waals surface area contributed by atoms with Crippen molar-refractivity contribution < 1.29 is 14.6 Å². The number of aromatic hydroxyl groups is 1. The van der Waals surface area contributed by atoms with Crippen molar-refractivity contribution in [3.63, 3.8) is 0 Å². The molecule has 0 unspecified atom stereocenters. The highest BCUT2D eigenvalue weighted by atomic mass is 16.5. The summed E-state index contributed by atoms with van der Waals surface area (Å²) in [5.74, 6) is -0.212. The van der Waals surface area contributed by atoms with E-state index in [1.807, 2.05) is 54.6 Å². The Kier molecular flexibility index (Phi) is 3.56. The van der Waals surface area contributed by atoms with E-state index < -0.39 is 5.97 Å². The topological polar surface area (TPSA) is 46.5 Å². The summed E-state index contributed by atoms with van der Waals surface area (Å²) in [6, 6.07) is 20.2. The van der Waals surface area contributed by atoms with Gasteiger partial charge in [-0.2, -0.15) is 0 Å². The lowest BCUT2D eigenvalue weighted by molar-refractivity contribution is -0.133. The van der Waals surface area contributed by atoms with Crippen molar-refractivity contribution in [2.75, 3.05) is 0 Å². The van der Waals surface area contributed by atoms with Crippen molar-refractivity contribution in [1.29, 1.82) is 0 Å². The van der Waals surface area contributed by atoms with E-state index in [2.05, 4.69) is 0 Å². The van der Waals surface area contributed by atoms with Crippen LogP contribution in [0.5, 0.6) is 11.5 Å². The van der Waals surface area contributed by atoms with Gasteiger partial charge in [-0.15, -0.1) is 0 Å². The number of hydrogen-bond donors (Lipinski definition) is 1. The number of fused-ring (bicyclic) bond motifs is 1. The molecule has 0 radical (unpaired) electrons. The molecule has 3 heteroatoms. The first kappa shape index (κ1) is 13.2. The highest BCUT2D eigenvalue weighted by Gasteiger charge is 2.12. The number of hydrogen-bond acceptors (Lipinski definition) is 3. The molecule has 0 atom stereocenters. The Morgan fingerprint density at radius 2 is 1.62 bits per heavy atom. The van der Waals surface area contributed by atoms with Crippen LogP contribution in [-0.2, 0) is 11.2 Å². The summed E-state index contributed by atoms with van der Waals surface area (Å²) in [6.07, 6.45) is 0.174. The highest BCUT2D eigenvalue weighted by Crippen LogP contribution is 2.34. The van der Waals surface area contributed by atoms with Crippen LogP contribution in [0.3, 0.4) is 0 Å². The molecular formula is C18H14O3. The summed E-state index contributed by atoms with van der Waals surface area (Å²) in [4.78, 5) is 11.9. The van der Waals surface area contributed by atoms with Crippen LogP contribution >= 0.6 is 0 Å². The third kappa shape index (κ3) is 2.87. The normalized spacial score (nSPS) is 10.5. The van der Waals surface area contributed by atoms with Crippen LogP contribution in [0.1, 0.15) is 5.56 Å². The van der Waals surface area contributed by atoms with E-state index in [4.69, 9.17) is 4.74 Å². The molecule has 3 aromatic carbocycles. The van der Waals surface area contributed by atoms with Crippen LogP contribution in [0.4, 0.5) is 0 Å². The zero-order chi connectivity index (χ0) is 14.7. The van der Waals surface area contributed by atoms with E-state index in [9.17, 15) is 9.90 Å². The maximum Gasteiger partial charge on any atom is 0.315 e. The van der Waals surface area contributed by atoms with E-state index >= 15 is 0 Å². The second-order valence-electron chi connectivity index (χ2n) is 4.77. The van der Waals surface area contributed by atoms with Gasteiger partial charge in [0.25, 0.3) is 0 Å². The zero-order valence-electron chi connectivity index (χ0n) is 11.3. The summed E-state index contributed by atoms with van der Waals surface area (Å²) in [5, 5.41) is 11.8. The maximum atomic E-state index is 11.9. The first-order valence-corrected chi connectivity index (χ1v) is 6.69. The molecule has 0 amide bonds. The van der Waals surface area contributed by atoms with Crippen LogP contribution in [0.15, 0.2) is 66.7 Å². The lowest BCUT2D eigenvalue weighted by Crippen LogP contribution is -2.11. The number of carbonyl (C=O) groups is 1. The molecule has 0 bridgehead atoms. The van der Waals surface area contributed by atoms with Gasteiger partial charge in [0.05, 0.1) is 6.42 Å². The third-order valence-electron chi connectivity index (χ3n) is 3.28. The van der Waals surface area contributed by atoms with E-state index in [1.54, 1.807) is 12.1 Å². The summed E-state index contributed by atoms with van der Waals surface area (Å²) in [7, 11) is 0. The first-order chi connectivity index (χ1) is 10.2. The minimum Gasteiger partial charge on any atom is -0.504 e. The van der Waals surface area contributed by atoms with Crippen molar-refractivity contribution in [3.05, 3.63) is 72.3 Å². The molecule has 3 rings (SSSR count). The third-order valence-corrected chi connectivity index (χ3v) is 3.28. The molecule has 21 heavy (non-hydrogen) atoms. The van der Waals surface area contributed by atoms with E-state index in [-0.39, 0.29) is 17.9 Å². The van der Waals surface area contributed by atoms with Crippen molar-refractivity contribution in [2.24, 2.45) is 0 Å². The molecule has 1 N–H and O–H groups in total. The van der Waals surface area contributed by atoms with Gasteiger partial charge in [0, 0.05) is 5.39 Å². The SMILES string of the molecule is O=C(Cc1ccccc1)Oc1ccc2ccccc2c1O. The van der Waals surface area contributed by atoms with Crippen LogP contribution in [0.25, 0.3) is 10.8 Å². The van der Waals surface area contributed by atoms with Crippen molar-refractivity contribution >= 4 is 16.7 Å². The predicted octanol–water partition coefficient (Wildman–Crippen LogP) is 3.69. The number of phenolic OH excluding ortho intramolecular Hbond substituents is 1. The highest BCUT2D eigenvalue weighted by molar-refractivity contribution is 5.91. The molecule has 3 nitrogen and oxygen atoms in total. The fourth-order valence-electron chi connectivity index (χ4n) is 2.24. The Morgan fingerprint density at radius 1 is 0.905 bits per heavy atom. The van der Waals surface area contributed by atoms with Gasteiger partial charge in [0.1, 0.15) is 0 Å². The van der Waals surface area contributed by atoms with Gasteiger partial charge in [-0.3, -0.25) is 4.79 Å². The zero-order valence-corrected chi connectivity index (χ0v) is 11.3. The van der Waals surface area contributed by atoms with Gasteiger partial charge in [-0.1, -0.05) is 60.7 Å². The molecule has 104 valence electrons. The van der Waals surface area contributed by atoms with Gasteiger partial charge in [0.15, 0.2) is 11.5 Å². The average molecular weight is 278 g/mol. The Labute approximate surface area is 122 Å². The lowest BCUT2D eigenvalue weighted by Gasteiger charge is -2.08. The molecule has 3 aromatic rings. The van der Waals surface area contributed by atoms with E-state index in [0.717, 1.165) is 10.9 Å². The van der Waals surface area contributed by atoms with Gasteiger partial charge in [-0.25, -0.2) is 0 Å². The Balaban J connectivity index is 1.82. The van der Waals surface area contributed by atoms with Crippen molar-refractivity contribution in [3.8, 4) is 11.5 Å². The Bertz CT molecular complexity index is 779. The smallest absolute Gasteiger partial charge is 0.315 e. The largest absolute Gasteiger partial charge is 0.504 e. The van der Waals surface area contributed by atoms with Crippen molar-refractivity contribution in [1.82, 2.24) is 0 Å². The molecular weight excluding hydrogens is 264 g/mol. The van der Waals surface area contributed by atoms with Crippen LogP contribution < -0.4 is 4.74 Å². The summed E-state index contributed by atoms with van der Waals surface area (Å²) in [6.45, 7) is 0. The number of rotatable bonds is 3. The minimum absolute atomic E-state index is 0.00508. The Morgan fingerprint density at radius 3 is 2.43 bits per heavy atom. The summed E-state index contributed by atoms with van der Waals surface area (Å²) in [5.41, 5.74) is 0.878. The molecule has 0 saturated heterocycles. The summed E-state index contributed by atoms with van der Waals surface area (Å²) < 4.78 is 5.27. The van der Waals surface area contributed by atoms with Gasteiger partial charge < -0.3 is 9.84 Å². The number of carbonyl (C=O) groups excluding carboxylic acids is 1. The number of phenols is 1. The van der Waals surface area contributed by atoms with E-state index in [1.165, 1.54) is 0 Å². The molecule has 0 aromatic heterocycles. The van der Waals surface area contributed by atoms with Crippen LogP contribution in [-0.4, -0.2) is 11.1 Å². The fourth-order valence-corrected chi connectivity index (χ4v) is 2.24. The average Bonchev–Trinajstić information content (AvgIpc) is 2.51. The second-order valence-corrected chi connectivity index (χ2v) is 4.77. The first-order valence-electron chi connectivity index (χ1n) is 6.69. The number of benzene rings is 3. The van der Waals surface area contributed by atoms with E-state index in [0.29, 0.717) is 5.39 Å². The molecule has 0 fully saturated rings.